The summed E-state index contributed by atoms with van der Waals surface area (Å²) >= 11 is 0. The summed E-state index contributed by atoms with van der Waals surface area (Å²) in [6, 6.07) is 18.8. The van der Waals surface area contributed by atoms with Crippen molar-refractivity contribution >= 4 is 29.1 Å². The second-order valence-electron chi connectivity index (χ2n) is 9.10. The number of pyridine rings is 1. The van der Waals surface area contributed by atoms with Crippen LogP contribution < -0.4 is 10.2 Å². The lowest BCUT2D eigenvalue weighted by atomic mass is 10.0. The maximum atomic E-state index is 13.3. The van der Waals surface area contributed by atoms with Crippen molar-refractivity contribution in [1.29, 1.82) is 0 Å². The largest absolute Gasteiger partial charge is 0.444 e. The quantitative estimate of drug-likeness (QED) is 0.169. The van der Waals surface area contributed by atoms with Gasteiger partial charge in [-0.25, -0.2) is 9.78 Å². The van der Waals surface area contributed by atoms with E-state index in [1.807, 2.05) is 6.07 Å². The van der Waals surface area contributed by atoms with Gasteiger partial charge in [0.2, 0.25) is 5.82 Å². The summed E-state index contributed by atoms with van der Waals surface area (Å²) in [7, 11) is 0. The van der Waals surface area contributed by atoms with Crippen LogP contribution >= 0.6 is 0 Å². The van der Waals surface area contributed by atoms with E-state index in [4.69, 9.17) is 4.74 Å². The van der Waals surface area contributed by atoms with Crippen LogP contribution in [0.15, 0.2) is 72.9 Å². The number of hydrogen-bond donors (Lipinski definition) is 1. The van der Waals surface area contributed by atoms with E-state index in [2.05, 4.69) is 10.3 Å². The highest BCUT2D eigenvalue weighted by molar-refractivity contribution is 6.12. The molecule has 0 spiro atoms. The first-order chi connectivity index (χ1) is 17.2. The Morgan fingerprint density at radius 2 is 1.69 bits per heavy atom. The van der Waals surface area contributed by atoms with Gasteiger partial charge in [0, 0.05) is 36.5 Å². The predicted molar refractivity (Wildman–Crippen MR) is 138 cm³/mol. The number of nitro groups is 1. The Balaban J connectivity index is 1.86. The highest BCUT2D eigenvalue weighted by Crippen LogP contribution is 2.34. The number of nitrogens with one attached hydrogen (secondary N) is 1. The molecule has 1 N–H and O–H groups in total. The average molecular weight is 491 g/mol. The van der Waals surface area contributed by atoms with Crippen LogP contribution in [-0.2, 0) is 4.74 Å². The fourth-order valence-electron chi connectivity index (χ4n) is 3.62. The molecule has 2 aromatic carbocycles. The smallest absolute Gasteiger partial charge is 0.407 e. The van der Waals surface area contributed by atoms with Crippen molar-refractivity contribution in [3.63, 3.8) is 0 Å². The lowest BCUT2D eigenvalue weighted by Gasteiger charge is -2.26. The van der Waals surface area contributed by atoms with Crippen LogP contribution in [-0.4, -0.2) is 40.5 Å². The number of unbranched alkanes of at least 4 members (excludes halogenated alkanes) is 1. The van der Waals surface area contributed by atoms with E-state index in [1.165, 1.54) is 18.3 Å². The third-order valence-corrected chi connectivity index (χ3v) is 5.17. The van der Waals surface area contributed by atoms with E-state index in [0.717, 1.165) is 0 Å². The highest BCUT2D eigenvalue weighted by Gasteiger charge is 2.25. The minimum Gasteiger partial charge on any atom is -0.444 e. The molecule has 1 heterocycles. The molecular formula is C27H30N4O5. The van der Waals surface area contributed by atoms with Crippen molar-refractivity contribution in [1.82, 2.24) is 10.3 Å². The standard InChI is InChI=1S/C27H30N4O5/c1-27(2,3)36-26(33)29-17-9-10-19-30(25-23(31(34)35)16-11-18-28-25)22-15-8-7-14-21(22)24(32)20-12-5-4-6-13-20/h4-8,11-16,18H,9-10,17,19H2,1-3H3,(H,29,33). The van der Waals surface area contributed by atoms with Gasteiger partial charge in [-0.1, -0.05) is 42.5 Å². The number of carbonyl (C=O) groups is 2. The number of alkyl carbamates (subject to hydrolysis) is 1. The zero-order chi connectivity index (χ0) is 26.1. The number of aromatic nitrogens is 1. The number of hydrogen-bond acceptors (Lipinski definition) is 7. The van der Waals surface area contributed by atoms with E-state index in [0.29, 0.717) is 42.7 Å². The number of para-hydroxylation sites is 1. The van der Waals surface area contributed by atoms with Gasteiger partial charge in [0.05, 0.1) is 10.6 Å². The minimum atomic E-state index is -0.589. The molecule has 3 rings (SSSR count). The number of amides is 1. The minimum absolute atomic E-state index is 0.149. The van der Waals surface area contributed by atoms with Gasteiger partial charge in [-0.3, -0.25) is 14.9 Å². The van der Waals surface area contributed by atoms with Gasteiger partial charge in [0.25, 0.3) is 0 Å². The maximum Gasteiger partial charge on any atom is 0.407 e. The second-order valence-corrected chi connectivity index (χ2v) is 9.10. The molecule has 0 fully saturated rings. The molecular weight excluding hydrogens is 460 g/mol. The summed E-state index contributed by atoms with van der Waals surface area (Å²) in [6.07, 6.45) is 2.14. The molecule has 0 saturated heterocycles. The molecule has 3 aromatic rings. The van der Waals surface area contributed by atoms with Crippen molar-refractivity contribution in [2.24, 2.45) is 0 Å². The molecule has 0 aliphatic rings. The van der Waals surface area contributed by atoms with E-state index in [1.54, 1.807) is 74.2 Å². The molecule has 0 aliphatic carbocycles. The normalized spacial score (nSPS) is 11.0. The number of ketones is 1. The van der Waals surface area contributed by atoms with Crippen LogP contribution in [0.1, 0.15) is 49.5 Å². The van der Waals surface area contributed by atoms with Crippen molar-refractivity contribution in [2.45, 2.75) is 39.2 Å². The van der Waals surface area contributed by atoms with Gasteiger partial charge in [-0.05, 0) is 51.8 Å². The van der Waals surface area contributed by atoms with Crippen LogP contribution in [0.4, 0.5) is 22.0 Å². The summed E-state index contributed by atoms with van der Waals surface area (Å²) in [4.78, 5) is 42.5. The molecule has 188 valence electrons. The first kappa shape index (κ1) is 26.3. The number of benzene rings is 2. The Kier molecular flexibility index (Phi) is 8.72. The van der Waals surface area contributed by atoms with Crippen LogP contribution in [0, 0.1) is 10.1 Å². The molecule has 9 nitrogen and oxygen atoms in total. The Bertz CT molecular complexity index is 1210. The molecule has 0 aliphatic heterocycles. The third-order valence-electron chi connectivity index (χ3n) is 5.17. The van der Waals surface area contributed by atoms with Gasteiger partial charge >= 0.3 is 11.8 Å². The molecule has 1 amide bonds. The summed E-state index contributed by atoms with van der Waals surface area (Å²) in [6.45, 7) is 6.08. The number of ether oxygens (including phenoxy) is 1. The van der Waals surface area contributed by atoms with Crippen LogP contribution in [0.5, 0.6) is 0 Å². The third kappa shape index (κ3) is 7.11. The average Bonchev–Trinajstić information content (AvgIpc) is 2.85. The monoisotopic (exact) mass is 490 g/mol. The van der Waals surface area contributed by atoms with Crippen molar-refractivity contribution in [3.05, 3.63) is 94.2 Å². The van der Waals surface area contributed by atoms with E-state index in [9.17, 15) is 19.7 Å². The Labute approximate surface area is 210 Å². The molecule has 0 unspecified atom stereocenters. The Morgan fingerprint density at radius 1 is 1.00 bits per heavy atom. The van der Waals surface area contributed by atoms with Crippen LogP contribution in [0.3, 0.4) is 0 Å². The molecule has 0 atom stereocenters. The first-order valence-electron chi connectivity index (χ1n) is 11.7. The van der Waals surface area contributed by atoms with Crippen molar-refractivity contribution < 1.29 is 19.2 Å². The van der Waals surface area contributed by atoms with Crippen molar-refractivity contribution in [3.8, 4) is 0 Å². The number of rotatable bonds is 10. The van der Waals surface area contributed by atoms with Gasteiger partial charge in [0.1, 0.15) is 5.60 Å². The van der Waals surface area contributed by atoms with E-state index >= 15 is 0 Å². The molecule has 36 heavy (non-hydrogen) atoms. The molecule has 1 aromatic heterocycles. The summed E-state index contributed by atoms with van der Waals surface area (Å²) in [5.74, 6) is -0.0442. The van der Waals surface area contributed by atoms with Crippen molar-refractivity contribution in [2.75, 3.05) is 18.0 Å². The second kappa shape index (κ2) is 11.9. The Morgan fingerprint density at radius 3 is 2.39 bits per heavy atom. The van der Waals surface area contributed by atoms with Gasteiger partial charge in [0.15, 0.2) is 5.78 Å². The van der Waals surface area contributed by atoms with Gasteiger partial charge in [-0.15, -0.1) is 0 Å². The number of nitrogens with zero attached hydrogens (tertiary/aromatic N) is 3. The fraction of sp³-hybridized carbons (Fsp3) is 0.296. The van der Waals surface area contributed by atoms with Crippen LogP contribution in [0.2, 0.25) is 0 Å². The lowest BCUT2D eigenvalue weighted by Crippen LogP contribution is -2.33. The first-order valence-corrected chi connectivity index (χ1v) is 11.7. The van der Waals surface area contributed by atoms with E-state index in [-0.39, 0.29) is 17.3 Å². The fourth-order valence-corrected chi connectivity index (χ4v) is 3.62. The lowest BCUT2D eigenvalue weighted by molar-refractivity contribution is -0.384. The zero-order valence-corrected chi connectivity index (χ0v) is 20.6. The summed E-state index contributed by atoms with van der Waals surface area (Å²) in [5, 5.41) is 14.5. The summed E-state index contributed by atoms with van der Waals surface area (Å²) < 4.78 is 5.25. The molecule has 9 heteroatoms. The van der Waals surface area contributed by atoms with E-state index < -0.39 is 16.6 Å². The number of carbonyl (C=O) groups excluding carboxylic acids is 2. The predicted octanol–water partition coefficient (Wildman–Crippen LogP) is 5.66. The van der Waals surface area contributed by atoms with Gasteiger partial charge < -0.3 is 15.0 Å². The maximum absolute atomic E-state index is 13.3. The molecule has 0 saturated carbocycles. The molecule has 0 radical (unpaired) electrons. The summed E-state index contributed by atoms with van der Waals surface area (Å²) in [5.41, 5.74) is 0.700. The highest BCUT2D eigenvalue weighted by atomic mass is 16.6. The van der Waals surface area contributed by atoms with Crippen LogP contribution in [0.25, 0.3) is 0 Å². The number of anilines is 2. The topological polar surface area (TPSA) is 115 Å². The Hall–Kier alpha value is -4.27. The SMILES string of the molecule is CC(C)(C)OC(=O)NCCCCN(c1ccccc1C(=O)c1ccccc1)c1ncccc1[N+](=O)[O-]. The zero-order valence-electron chi connectivity index (χ0n) is 20.6. The molecule has 0 bridgehead atoms. The van der Waals surface area contributed by atoms with Gasteiger partial charge in [-0.2, -0.15) is 0 Å².